The molecule has 1 atom stereocenters. The van der Waals surface area contributed by atoms with Crippen molar-refractivity contribution >= 4 is 0 Å². The van der Waals surface area contributed by atoms with Crippen LogP contribution in [0.3, 0.4) is 0 Å². The Kier molecular flexibility index (Phi) is 5.26. The maximum atomic E-state index is 9.81. The Morgan fingerprint density at radius 1 is 1.46 bits per heavy atom. The van der Waals surface area contributed by atoms with Crippen molar-refractivity contribution in [2.75, 3.05) is 6.61 Å². The molecule has 0 saturated heterocycles. The molecule has 13 heavy (non-hydrogen) atoms. The van der Waals surface area contributed by atoms with E-state index >= 15 is 0 Å². The van der Waals surface area contributed by atoms with E-state index < -0.39 is 6.10 Å². The number of rotatable bonds is 5. The van der Waals surface area contributed by atoms with E-state index in [-0.39, 0.29) is 12.0 Å². The van der Waals surface area contributed by atoms with Gasteiger partial charge in [-0.3, -0.25) is 0 Å². The number of hydrogen-bond acceptors (Lipinski definition) is 2. The molecule has 0 bridgehead atoms. The monoisotopic (exact) mass is 186 g/mol. The summed E-state index contributed by atoms with van der Waals surface area (Å²) in [6.45, 7) is 8.17. The molecule has 0 heterocycles. The van der Waals surface area contributed by atoms with Crippen molar-refractivity contribution < 1.29 is 10.2 Å². The molecule has 0 aromatic heterocycles. The van der Waals surface area contributed by atoms with Crippen LogP contribution in [0.1, 0.15) is 40.5 Å². The van der Waals surface area contributed by atoms with Crippen LogP contribution in [0.5, 0.6) is 0 Å². The summed E-state index contributed by atoms with van der Waals surface area (Å²) in [7, 11) is 0. The van der Waals surface area contributed by atoms with E-state index in [4.69, 9.17) is 5.11 Å². The van der Waals surface area contributed by atoms with Crippen molar-refractivity contribution in [3.63, 3.8) is 0 Å². The van der Waals surface area contributed by atoms with E-state index in [1.54, 1.807) is 0 Å². The summed E-state index contributed by atoms with van der Waals surface area (Å²) in [5.41, 5.74) is 1.03. The van der Waals surface area contributed by atoms with Crippen molar-refractivity contribution in [3.05, 3.63) is 11.6 Å². The molecule has 0 aliphatic rings. The molecule has 0 radical (unpaired) electrons. The van der Waals surface area contributed by atoms with Crippen LogP contribution >= 0.6 is 0 Å². The zero-order valence-corrected chi connectivity index (χ0v) is 9.17. The maximum Gasteiger partial charge on any atom is 0.0650 e. The van der Waals surface area contributed by atoms with Gasteiger partial charge in [0.2, 0.25) is 0 Å². The molecule has 0 amide bonds. The van der Waals surface area contributed by atoms with Crippen molar-refractivity contribution in [3.8, 4) is 0 Å². The van der Waals surface area contributed by atoms with Gasteiger partial charge in [-0.15, -0.1) is 0 Å². The lowest BCUT2D eigenvalue weighted by Gasteiger charge is -2.32. The summed E-state index contributed by atoms with van der Waals surface area (Å²) < 4.78 is 0. The largest absolute Gasteiger partial charge is 0.396 e. The average Bonchev–Trinajstić information content (AvgIpc) is 2.06. The molecular weight excluding hydrogens is 164 g/mol. The lowest BCUT2D eigenvalue weighted by Crippen LogP contribution is -2.32. The molecule has 0 aliphatic carbocycles. The molecule has 2 nitrogen and oxygen atoms in total. The Balaban J connectivity index is 4.52. The van der Waals surface area contributed by atoms with Gasteiger partial charge in [0.1, 0.15) is 0 Å². The quantitative estimate of drug-likeness (QED) is 0.646. The van der Waals surface area contributed by atoms with Crippen LogP contribution < -0.4 is 0 Å². The number of allylic oxidation sites excluding steroid dienone is 1. The van der Waals surface area contributed by atoms with Crippen LogP contribution in [0, 0.1) is 5.41 Å². The Hall–Kier alpha value is -0.340. The molecule has 0 aliphatic heterocycles. The fourth-order valence-electron chi connectivity index (χ4n) is 1.73. The Bertz CT molecular complexity index is 171. The predicted octanol–water partition coefficient (Wildman–Crippen LogP) is 2.11. The second-order valence-corrected chi connectivity index (χ2v) is 3.92. The zero-order chi connectivity index (χ0) is 10.5. The first-order valence-corrected chi connectivity index (χ1v) is 4.95. The molecule has 0 aromatic rings. The Morgan fingerprint density at radius 3 is 2.31 bits per heavy atom. The SMILES string of the molecule is CC=C(CC)C(C)(C)C(O)CCO. The molecule has 0 rings (SSSR count). The van der Waals surface area contributed by atoms with Gasteiger partial charge < -0.3 is 10.2 Å². The fourth-order valence-corrected chi connectivity index (χ4v) is 1.73. The minimum absolute atomic E-state index is 0.0469. The highest BCUT2D eigenvalue weighted by Crippen LogP contribution is 2.33. The van der Waals surface area contributed by atoms with Crippen LogP contribution in [-0.4, -0.2) is 22.9 Å². The molecular formula is C11H22O2. The molecule has 1 unspecified atom stereocenters. The van der Waals surface area contributed by atoms with Crippen molar-refractivity contribution in [2.45, 2.75) is 46.6 Å². The maximum absolute atomic E-state index is 9.81. The van der Waals surface area contributed by atoms with Gasteiger partial charge in [-0.25, -0.2) is 0 Å². The van der Waals surface area contributed by atoms with Gasteiger partial charge in [0.05, 0.1) is 6.10 Å². The van der Waals surface area contributed by atoms with Crippen LogP contribution in [0.2, 0.25) is 0 Å². The highest BCUT2D eigenvalue weighted by atomic mass is 16.3. The Morgan fingerprint density at radius 2 is 2.00 bits per heavy atom. The smallest absolute Gasteiger partial charge is 0.0650 e. The lowest BCUT2D eigenvalue weighted by atomic mass is 9.76. The first kappa shape index (κ1) is 12.7. The summed E-state index contributed by atoms with van der Waals surface area (Å²) in [5.74, 6) is 0. The number of hydrogen-bond donors (Lipinski definition) is 2. The van der Waals surface area contributed by atoms with Crippen LogP contribution in [-0.2, 0) is 0 Å². The summed E-state index contributed by atoms with van der Waals surface area (Å²) in [6, 6.07) is 0. The lowest BCUT2D eigenvalue weighted by molar-refractivity contribution is 0.0488. The van der Waals surface area contributed by atoms with E-state index in [2.05, 4.69) is 13.0 Å². The molecule has 0 spiro atoms. The summed E-state index contributed by atoms with van der Waals surface area (Å²) in [5, 5.41) is 18.6. The average molecular weight is 186 g/mol. The summed E-state index contributed by atoms with van der Waals surface area (Å²) in [4.78, 5) is 0. The van der Waals surface area contributed by atoms with Crippen LogP contribution in [0.15, 0.2) is 11.6 Å². The normalized spacial score (nSPS) is 16.0. The van der Waals surface area contributed by atoms with Gasteiger partial charge in [0, 0.05) is 12.0 Å². The molecule has 2 N–H and O–H groups in total. The van der Waals surface area contributed by atoms with Gasteiger partial charge in [0.15, 0.2) is 0 Å². The number of aliphatic hydroxyl groups excluding tert-OH is 2. The zero-order valence-electron chi connectivity index (χ0n) is 9.17. The topological polar surface area (TPSA) is 40.5 Å². The van der Waals surface area contributed by atoms with Crippen LogP contribution in [0.4, 0.5) is 0 Å². The molecule has 0 fully saturated rings. The molecule has 0 saturated carbocycles. The highest BCUT2D eigenvalue weighted by molar-refractivity contribution is 5.12. The van der Waals surface area contributed by atoms with Crippen LogP contribution in [0.25, 0.3) is 0 Å². The summed E-state index contributed by atoms with van der Waals surface area (Å²) in [6.07, 6.45) is 3.00. The van der Waals surface area contributed by atoms with E-state index in [1.165, 1.54) is 5.57 Å². The summed E-state index contributed by atoms with van der Waals surface area (Å²) >= 11 is 0. The standard InChI is InChI=1S/C11H22O2/c1-5-9(6-2)11(3,4)10(13)7-8-12/h5,10,12-13H,6-8H2,1-4H3. The number of aliphatic hydroxyl groups is 2. The van der Waals surface area contributed by atoms with Crippen molar-refractivity contribution in [1.29, 1.82) is 0 Å². The van der Waals surface area contributed by atoms with Crippen molar-refractivity contribution in [1.82, 2.24) is 0 Å². The first-order valence-electron chi connectivity index (χ1n) is 4.95. The molecule has 0 aromatic carbocycles. The van der Waals surface area contributed by atoms with E-state index in [0.29, 0.717) is 6.42 Å². The second kappa shape index (κ2) is 5.40. The Labute approximate surface area is 81.3 Å². The molecule has 78 valence electrons. The fraction of sp³-hybridized carbons (Fsp3) is 0.818. The van der Waals surface area contributed by atoms with Gasteiger partial charge in [0.25, 0.3) is 0 Å². The van der Waals surface area contributed by atoms with Gasteiger partial charge in [-0.1, -0.05) is 32.4 Å². The van der Waals surface area contributed by atoms with Gasteiger partial charge in [-0.05, 0) is 19.8 Å². The third-order valence-electron chi connectivity index (χ3n) is 2.79. The highest BCUT2D eigenvalue weighted by Gasteiger charge is 2.29. The third-order valence-corrected chi connectivity index (χ3v) is 2.79. The first-order chi connectivity index (χ1) is 6.00. The predicted molar refractivity (Wildman–Crippen MR) is 55.5 cm³/mol. The van der Waals surface area contributed by atoms with E-state index in [1.807, 2.05) is 20.8 Å². The third kappa shape index (κ3) is 3.12. The van der Waals surface area contributed by atoms with Crippen molar-refractivity contribution in [2.24, 2.45) is 5.41 Å². The van der Waals surface area contributed by atoms with E-state index in [9.17, 15) is 5.11 Å². The van der Waals surface area contributed by atoms with E-state index in [0.717, 1.165) is 6.42 Å². The van der Waals surface area contributed by atoms with Gasteiger partial charge >= 0.3 is 0 Å². The second-order valence-electron chi connectivity index (χ2n) is 3.92. The minimum Gasteiger partial charge on any atom is -0.396 e. The molecule has 2 heteroatoms. The minimum atomic E-state index is -0.455. The van der Waals surface area contributed by atoms with Gasteiger partial charge in [-0.2, -0.15) is 0 Å².